The Morgan fingerprint density at radius 2 is 1.36 bits per heavy atom. The Hall–Kier alpha value is 0.344. The van der Waals surface area contributed by atoms with Crippen LogP contribution in [0.1, 0.15) is 34.6 Å². The van der Waals surface area contributed by atoms with E-state index in [1.165, 1.54) is 0 Å². The second-order valence-corrected chi connectivity index (χ2v) is 20.0. The van der Waals surface area contributed by atoms with Gasteiger partial charge in [-0.1, -0.05) is 0 Å². The first-order valence-electron chi connectivity index (χ1n) is 5.53. The van der Waals surface area contributed by atoms with E-state index < -0.39 is 18.4 Å². The van der Waals surface area contributed by atoms with Gasteiger partial charge in [0.25, 0.3) is 0 Å². The normalized spacial score (nSPS) is 21.8. The van der Waals surface area contributed by atoms with E-state index in [9.17, 15) is 0 Å². The average molecular weight is 297 g/mol. The van der Waals surface area contributed by atoms with Crippen molar-refractivity contribution in [3.8, 4) is 0 Å². The molecule has 0 saturated carbocycles. The molecule has 0 bridgehead atoms. The molecule has 14 heavy (non-hydrogen) atoms. The first-order chi connectivity index (χ1) is 6.15. The molecule has 1 rings (SSSR count). The summed E-state index contributed by atoms with van der Waals surface area (Å²) in [5.74, 6) is 5.06. The van der Waals surface area contributed by atoms with Crippen LogP contribution in [-0.2, 0) is 0 Å². The molecule has 0 aromatic rings. The molecule has 0 radical (unpaired) electrons. The quantitative estimate of drug-likeness (QED) is 0.592. The summed E-state index contributed by atoms with van der Waals surface area (Å²) in [6.45, 7) is 12.3. The van der Waals surface area contributed by atoms with Crippen LogP contribution in [0.25, 0.3) is 0 Å². The van der Waals surface area contributed by atoms with E-state index >= 15 is 0 Å². The van der Waals surface area contributed by atoms with Gasteiger partial charge < -0.3 is 0 Å². The molecule has 0 atom stereocenters. The summed E-state index contributed by atoms with van der Waals surface area (Å²) in [5.41, 5.74) is 0. The molecule has 1 aliphatic heterocycles. The van der Waals surface area contributed by atoms with Crippen molar-refractivity contribution in [2.45, 2.75) is 49.8 Å². The first kappa shape index (κ1) is 12.4. The van der Waals surface area contributed by atoms with E-state index in [1.54, 1.807) is 7.18 Å². The van der Waals surface area contributed by atoms with E-state index in [-0.39, 0.29) is 0 Å². The standard InChI is InChI=1S/C10H17B.2CH3.Sn/c1-6-8-11(9-7-2)10(3,4)5;;;/h8-9H,1-5H3;2*1H3;. The molecule has 0 aliphatic carbocycles. The molecule has 0 amide bonds. The Morgan fingerprint density at radius 1 is 1.00 bits per heavy atom. The molecule has 1 aliphatic rings. The summed E-state index contributed by atoms with van der Waals surface area (Å²) < 4.78 is 3.44. The van der Waals surface area contributed by atoms with Gasteiger partial charge in [-0.15, -0.1) is 0 Å². The van der Waals surface area contributed by atoms with Gasteiger partial charge in [-0.2, -0.15) is 0 Å². The van der Waals surface area contributed by atoms with Gasteiger partial charge in [0.05, 0.1) is 0 Å². The zero-order valence-corrected chi connectivity index (χ0v) is 13.6. The van der Waals surface area contributed by atoms with Gasteiger partial charge in [-0.05, 0) is 0 Å². The SMILES string of the molecule is C[C]1=CB(C(C)(C)C)C=[C](C)[Sn]1([CH3])[CH3]. The van der Waals surface area contributed by atoms with Crippen molar-refractivity contribution < 1.29 is 0 Å². The number of allylic oxidation sites excluding steroid dienone is 2. The Labute approximate surface area is 93.8 Å². The van der Waals surface area contributed by atoms with Crippen LogP contribution < -0.4 is 0 Å². The van der Waals surface area contributed by atoms with Crippen molar-refractivity contribution in [2.75, 3.05) is 0 Å². The van der Waals surface area contributed by atoms with Crippen LogP contribution in [0.2, 0.25) is 15.2 Å². The third kappa shape index (κ3) is 2.29. The second-order valence-electron chi connectivity index (χ2n) is 6.22. The molecule has 2 heteroatoms. The van der Waals surface area contributed by atoms with Crippen LogP contribution in [0.5, 0.6) is 0 Å². The van der Waals surface area contributed by atoms with E-state index in [1.807, 2.05) is 0 Å². The molecule has 78 valence electrons. The van der Waals surface area contributed by atoms with Gasteiger partial charge in [0, 0.05) is 0 Å². The van der Waals surface area contributed by atoms with Crippen LogP contribution in [0.3, 0.4) is 0 Å². The minimum absolute atomic E-state index is 0.380. The predicted octanol–water partition coefficient (Wildman–Crippen LogP) is 4.05. The Kier molecular flexibility index (Phi) is 3.31. The van der Waals surface area contributed by atoms with E-state index in [0.717, 1.165) is 0 Å². The van der Waals surface area contributed by atoms with Gasteiger partial charge >= 0.3 is 94.0 Å². The summed E-state index contributed by atoms with van der Waals surface area (Å²) >= 11 is -1.94. The van der Waals surface area contributed by atoms with Gasteiger partial charge in [0.15, 0.2) is 0 Å². The third-order valence-corrected chi connectivity index (χ3v) is 16.0. The number of rotatable bonds is 0. The van der Waals surface area contributed by atoms with Crippen LogP contribution in [0, 0.1) is 0 Å². The van der Waals surface area contributed by atoms with E-state index in [0.29, 0.717) is 12.0 Å². The number of hydrogen-bond donors (Lipinski definition) is 0. The van der Waals surface area contributed by atoms with Crippen LogP contribution in [0.15, 0.2) is 19.1 Å². The molecule has 0 spiro atoms. The molecule has 0 nitrogen and oxygen atoms in total. The van der Waals surface area contributed by atoms with Gasteiger partial charge in [-0.25, -0.2) is 0 Å². The van der Waals surface area contributed by atoms with E-state index in [2.05, 4.69) is 56.4 Å². The number of hydrogen-bond acceptors (Lipinski definition) is 0. The van der Waals surface area contributed by atoms with Crippen molar-refractivity contribution in [2.24, 2.45) is 0 Å². The molecular formula is C12H23BSn. The molecule has 1 heterocycles. The molecular weight excluding hydrogens is 274 g/mol. The minimum atomic E-state index is -1.94. The first-order valence-corrected chi connectivity index (χ1v) is 14.1. The zero-order valence-electron chi connectivity index (χ0n) is 10.7. The van der Waals surface area contributed by atoms with Crippen molar-refractivity contribution in [1.82, 2.24) is 0 Å². The van der Waals surface area contributed by atoms with E-state index in [4.69, 9.17) is 0 Å². The van der Waals surface area contributed by atoms with Gasteiger partial charge in [0.2, 0.25) is 0 Å². The van der Waals surface area contributed by atoms with Crippen molar-refractivity contribution in [3.63, 3.8) is 0 Å². The van der Waals surface area contributed by atoms with Crippen LogP contribution >= 0.6 is 0 Å². The third-order valence-electron chi connectivity index (χ3n) is 3.83. The molecule has 0 saturated heterocycles. The maximum absolute atomic E-state index is 2.53. The Morgan fingerprint density at radius 3 is 1.64 bits per heavy atom. The van der Waals surface area contributed by atoms with Crippen molar-refractivity contribution in [3.05, 3.63) is 19.1 Å². The fourth-order valence-electron chi connectivity index (χ4n) is 1.81. The summed E-state index contributed by atoms with van der Waals surface area (Å²) in [7, 11) is 0. The summed E-state index contributed by atoms with van der Waals surface area (Å²) in [6.07, 6.45) is 0. The monoisotopic (exact) mass is 298 g/mol. The average Bonchev–Trinajstić information content (AvgIpc) is 1.98. The van der Waals surface area contributed by atoms with Crippen molar-refractivity contribution >= 4 is 25.1 Å². The molecule has 0 unspecified atom stereocenters. The molecule has 0 N–H and O–H groups in total. The van der Waals surface area contributed by atoms with Gasteiger partial charge in [-0.3, -0.25) is 0 Å². The maximum atomic E-state index is 2.53. The molecule has 0 aromatic carbocycles. The fraction of sp³-hybridized carbons (Fsp3) is 0.667. The van der Waals surface area contributed by atoms with Crippen LogP contribution in [0.4, 0.5) is 0 Å². The Balaban J connectivity index is 3.07. The Bertz CT molecular complexity index is 270. The van der Waals surface area contributed by atoms with Gasteiger partial charge in [0.1, 0.15) is 0 Å². The van der Waals surface area contributed by atoms with Crippen LogP contribution in [-0.4, -0.2) is 25.1 Å². The molecule has 0 aromatic heterocycles. The summed E-state index contributed by atoms with van der Waals surface area (Å²) in [6, 6.07) is 0. The summed E-state index contributed by atoms with van der Waals surface area (Å²) in [5, 5.41) is 0.380. The summed E-state index contributed by atoms with van der Waals surface area (Å²) in [4.78, 5) is 5.04. The second kappa shape index (κ2) is 3.73. The van der Waals surface area contributed by atoms with Crippen molar-refractivity contribution in [1.29, 1.82) is 0 Å². The molecule has 0 fully saturated rings. The topological polar surface area (TPSA) is 0 Å². The zero-order chi connectivity index (χ0) is 11.1. The fourth-order valence-corrected chi connectivity index (χ4v) is 6.99. The predicted molar refractivity (Wildman–Crippen MR) is 70.5 cm³/mol.